The second-order valence-electron chi connectivity index (χ2n) is 20.7. The molecule has 5 fully saturated rings. The van der Waals surface area contributed by atoms with Gasteiger partial charge in [0.15, 0.2) is 0 Å². The molecule has 0 bridgehead atoms. The van der Waals surface area contributed by atoms with Crippen LogP contribution in [-0.2, 0) is 24.0 Å². The SMILES string of the molecule is CC(CO)(CO)CO.CC1CCCC2C(CCC3[C@H]4CCCC4(C=O)CC[C@@]23C)C(C)(C)C(OC(=O)CC(C)(C)C(=O)O)CC1.CCCC.CON1CCN(C)CC1. The van der Waals surface area contributed by atoms with E-state index in [1.807, 2.05) is 5.06 Å². The van der Waals surface area contributed by atoms with E-state index in [-0.39, 0.29) is 54.6 Å². The Morgan fingerprint density at radius 3 is 1.81 bits per heavy atom. The normalized spacial score (nSPS) is 32.8. The smallest absolute Gasteiger partial charge is 0.309 e. The largest absolute Gasteiger partial charge is 0.481 e. The molecule has 0 radical (unpaired) electrons. The van der Waals surface area contributed by atoms with Crippen LogP contribution in [0.1, 0.15) is 159 Å². The van der Waals surface area contributed by atoms with Crippen molar-refractivity contribution in [3.8, 4) is 0 Å². The number of aliphatic hydroxyl groups excluding tert-OH is 3. The number of aliphatic carboxylic acids is 1. The minimum absolute atomic E-state index is 0.0773. The lowest BCUT2D eigenvalue weighted by molar-refractivity contribution is -0.178. The lowest BCUT2D eigenvalue weighted by Crippen LogP contribution is -2.57. The minimum atomic E-state index is -1.13. The summed E-state index contributed by atoms with van der Waals surface area (Å²) >= 11 is 0. The highest BCUT2D eigenvalue weighted by molar-refractivity contribution is 5.81. The predicted molar refractivity (Wildman–Crippen MR) is 231 cm³/mol. The number of hydroxylamine groups is 2. The molecule has 8 atom stereocenters. The Hall–Kier alpha value is -1.63. The number of nitrogens with zero attached hydrogens (tertiary/aromatic N) is 2. The van der Waals surface area contributed by atoms with Crippen LogP contribution in [0.25, 0.3) is 0 Å². The molecule has 0 spiro atoms. The lowest BCUT2D eigenvalue weighted by Gasteiger charge is -2.62. The molecule has 11 heteroatoms. The van der Waals surface area contributed by atoms with E-state index < -0.39 is 16.8 Å². The lowest BCUT2D eigenvalue weighted by atomic mass is 9.42. The van der Waals surface area contributed by atoms with Crippen LogP contribution in [0.4, 0.5) is 0 Å². The summed E-state index contributed by atoms with van der Waals surface area (Å²) in [4.78, 5) is 44.4. The molecule has 4 aliphatic carbocycles. The third-order valence-corrected chi connectivity index (χ3v) is 15.4. The first-order valence-corrected chi connectivity index (χ1v) is 22.9. The van der Waals surface area contributed by atoms with Gasteiger partial charge in [-0.1, -0.05) is 80.6 Å². The highest BCUT2D eigenvalue weighted by Crippen LogP contribution is 2.68. The molecule has 340 valence electrons. The second-order valence-corrected chi connectivity index (χ2v) is 20.7. The molecule has 0 aromatic carbocycles. The molecule has 58 heavy (non-hydrogen) atoms. The summed E-state index contributed by atoms with van der Waals surface area (Å²) in [5, 5.41) is 36.9. The van der Waals surface area contributed by atoms with Gasteiger partial charge in [-0.05, 0) is 114 Å². The van der Waals surface area contributed by atoms with Gasteiger partial charge in [0, 0.05) is 42.4 Å². The molecule has 1 heterocycles. The molecular weight excluding hydrogens is 737 g/mol. The van der Waals surface area contributed by atoms with E-state index in [4.69, 9.17) is 24.9 Å². The molecule has 0 amide bonds. The van der Waals surface area contributed by atoms with Gasteiger partial charge in [-0.2, -0.15) is 5.06 Å². The van der Waals surface area contributed by atoms with E-state index in [9.17, 15) is 19.5 Å². The molecule has 1 aliphatic heterocycles. The number of ether oxygens (including phenoxy) is 1. The fourth-order valence-electron chi connectivity index (χ4n) is 10.7. The Morgan fingerprint density at radius 2 is 1.31 bits per heavy atom. The molecule has 4 saturated carbocycles. The topological polar surface area (TPSA) is 157 Å². The van der Waals surface area contributed by atoms with Crippen molar-refractivity contribution in [1.29, 1.82) is 0 Å². The maximum absolute atomic E-state index is 13.1. The molecule has 6 unspecified atom stereocenters. The van der Waals surface area contributed by atoms with Gasteiger partial charge in [-0.15, -0.1) is 0 Å². The summed E-state index contributed by atoms with van der Waals surface area (Å²) in [7, 11) is 3.86. The minimum Gasteiger partial charge on any atom is -0.481 e. The summed E-state index contributed by atoms with van der Waals surface area (Å²) in [6, 6.07) is 0. The highest BCUT2D eigenvalue weighted by Gasteiger charge is 2.62. The number of aliphatic hydroxyl groups is 3. The molecule has 1 saturated heterocycles. The maximum Gasteiger partial charge on any atom is 0.309 e. The van der Waals surface area contributed by atoms with Gasteiger partial charge in [0.25, 0.3) is 0 Å². The fraction of sp³-hybridized carbons (Fsp3) is 0.936. The number of rotatable bonds is 10. The Kier molecular flexibility index (Phi) is 21.3. The average Bonchev–Trinajstić information content (AvgIpc) is 3.64. The number of carbonyl (C=O) groups excluding carboxylic acids is 2. The van der Waals surface area contributed by atoms with Gasteiger partial charge in [-0.3, -0.25) is 9.59 Å². The van der Waals surface area contributed by atoms with E-state index in [2.05, 4.69) is 53.5 Å². The van der Waals surface area contributed by atoms with Crippen LogP contribution in [0.15, 0.2) is 0 Å². The van der Waals surface area contributed by atoms with E-state index in [0.29, 0.717) is 29.6 Å². The molecule has 5 rings (SSSR count). The van der Waals surface area contributed by atoms with Crippen LogP contribution in [0.3, 0.4) is 0 Å². The van der Waals surface area contributed by atoms with Crippen LogP contribution in [0.5, 0.6) is 0 Å². The van der Waals surface area contributed by atoms with Gasteiger partial charge in [0.2, 0.25) is 0 Å². The summed E-state index contributed by atoms with van der Waals surface area (Å²) in [5.41, 5.74) is -1.88. The highest BCUT2D eigenvalue weighted by atomic mass is 16.7. The number of unbranched alkanes of at least 4 members (excludes halogenated alkanes) is 1. The first kappa shape index (κ1) is 52.5. The third kappa shape index (κ3) is 13.7. The molecule has 5 aliphatic rings. The van der Waals surface area contributed by atoms with Gasteiger partial charge < -0.3 is 39.7 Å². The van der Waals surface area contributed by atoms with Gasteiger partial charge in [0.05, 0.1) is 38.8 Å². The quantitative estimate of drug-likeness (QED) is 0.125. The van der Waals surface area contributed by atoms with Crippen LogP contribution in [0, 0.1) is 56.7 Å². The number of hydrogen-bond donors (Lipinski definition) is 4. The first-order valence-electron chi connectivity index (χ1n) is 22.9. The summed E-state index contributed by atoms with van der Waals surface area (Å²) < 4.78 is 6.25. The molecule has 0 aromatic rings. The van der Waals surface area contributed by atoms with Crippen LogP contribution >= 0.6 is 0 Å². The predicted octanol–water partition coefficient (Wildman–Crippen LogP) is 8.02. The standard InChI is InChI=1S/C32H52O5.C6H14N2O.C5H12O3.C4H10/c1-21-9-7-10-23-22(13-14-24-25-11-8-16-32(25,20-33)18-17-31(23,24)6)30(4,5)26(15-12-21)37-27(34)19-29(2,3)28(35)36;1-7-3-5-8(9-2)6-4-7;1-5(2-6,3-7)4-8;1-3-4-2/h20-26H,7-19H2,1-6H3,(H,35,36);3-6H2,1-2H3;6-8H,2-4H2,1H3;3-4H2,1-2H3/t21?,22?,23?,24?,25-,26?,31+,32?;;;/m1.../s1. The van der Waals surface area contributed by atoms with Crippen molar-refractivity contribution in [2.45, 2.75) is 165 Å². The van der Waals surface area contributed by atoms with Crippen molar-refractivity contribution in [1.82, 2.24) is 9.96 Å². The number of carbonyl (C=O) groups is 3. The molecular formula is C47H88N2O9. The monoisotopic (exact) mass is 825 g/mol. The Labute approximate surface area is 353 Å². The third-order valence-electron chi connectivity index (χ3n) is 15.4. The summed E-state index contributed by atoms with van der Waals surface area (Å²) in [6.07, 6.45) is 17.2. The Morgan fingerprint density at radius 1 is 0.759 bits per heavy atom. The molecule has 4 N–H and O–H groups in total. The van der Waals surface area contributed by atoms with Crippen LogP contribution in [0.2, 0.25) is 0 Å². The fourth-order valence-corrected chi connectivity index (χ4v) is 10.7. The van der Waals surface area contributed by atoms with E-state index in [1.54, 1.807) is 27.9 Å². The van der Waals surface area contributed by atoms with E-state index in [1.165, 1.54) is 57.7 Å². The Bertz CT molecular complexity index is 1220. The maximum atomic E-state index is 13.1. The Balaban J connectivity index is 0.000000449. The van der Waals surface area contributed by atoms with Crippen molar-refractivity contribution >= 4 is 18.2 Å². The van der Waals surface area contributed by atoms with Crippen molar-refractivity contribution in [2.24, 2.45) is 56.7 Å². The van der Waals surface area contributed by atoms with Gasteiger partial charge in [0.1, 0.15) is 12.4 Å². The number of aldehydes is 1. The number of carboxylic acid groups (broad SMARTS) is 1. The number of esters is 1. The van der Waals surface area contributed by atoms with Crippen molar-refractivity contribution in [2.75, 3.05) is 60.2 Å². The van der Waals surface area contributed by atoms with E-state index in [0.717, 1.165) is 64.7 Å². The second kappa shape index (κ2) is 23.5. The van der Waals surface area contributed by atoms with E-state index >= 15 is 0 Å². The van der Waals surface area contributed by atoms with Crippen LogP contribution < -0.4 is 0 Å². The molecule has 11 nitrogen and oxygen atoms in total. The zero-order valence-corrected chi connectivity index (χ0v) is 38.8. The molecule has 0 aromatic heterocycles. The number of hydrogen-bond acceptors (Lipinski definition) is 10. The van der Waals surface area contributed by atoms with Crippen molar-refractivity contribution in [3.63, 3.8) is 0 Å². The first-order chi connectivity index (χ1) is 27.2. The van der Waals surface area contributed by atoms with Crippen molar-refractivity contribution < 1.29 is 44.4 Å². The zero-order valence-electron chi connectivity index (χ0n) is 38.8. The number of piperazine rings is 1. The van der Waals surface area contributed by atoms with Gasteiger partial charge >= 0.3 is 11.9 Å². The van der Waals surface area contributed by atoms with Crippen LogP contribution in [-0.4, -0.2) is 115 Å². The zero-order chi connectivity index (χ0) is 44.0. The summed E-state index contributed by atoms with van der Waals surface area (Å²) in [6.45, 7) is 22.4. The average molecular weight is 825 g/mol. The van der Waals surface area contributed by atoms with Gasteiger partial charge in [-0.25, -0.2) is 0 Å². The number of likely N-dealkylation sites (N-methyl/N-ethyl adjacent to an activating group) is 1. The van der Waals surface area contributed by atoms with Crippen molar-refractivity contribution in [3.05, 3.63) is 0 Å². The number of fused-ring (bicyclic) bond motifs is 5. The number of carboxylic acids is 1. The summed E-state index contributed by atoms with van der Waals surface area (Å²) in [5.74, 6) is 1.40.